The van der Waals surface area contributed by atoms with Crippen LogP contribution in [0.4, 0.5) is 34.1 Å². The molecule has 0 spiro atoms. The van der Waals surface area contributed by atoms with Crippen molar-refractivity contribution in [2.45, 2.75) is 11.8 Å². The molecule has 0 heterocycles. The van der Waals surface area contributed by atoms with Gasteiger partial charge in [-0.15, -0.1) is 5.11 Å². The van der Waals surface area contributed by atoms with Crippen LogP contribution < -0.4 is 81.0 Å². The third-order valence-corrected chi connectivity index (χ3v) is 10.6. The van der Waals surface area contributed by atoms with Gasteiger partial charge in [0.05, 0.1) is 38.1 Å². The molecule has 0 unspecified atom stereocenters. The van der Waals surface area contributed by atoms with E-state index in [1.54, 1.807) is 78.9 Å². The van der Waals surface area contributed by atoms with Crippen molar-refractivity contribution >= 4 is 83.4 Å². The van der Waals surface area contributed by atoms with Crippen molar-refractivity contribution in [2.24, 2.45) is 20.4 Å². The van der Waals surface area contributed by atoms with Crippen molar-refractivity contribution in [3.63, 3.8) is 0 Å². The Morgan fingerprint density at radius 1 is 0.672 bits per heavy atom. The summed E-state index contributed by atoms with van der Waals surface area (Å²) in [4.78, 5) is 24.3. The van der Waals surface area contributed by atoms with Crippen molar-refractivity contribution in [2.75, 3.05) is 21.9 Å². The van der Waals surface area contributed by atoms with E-state index < -0.39 is 64.0 Å². The van der Waals surface area contributed by atoms with Gasteiger partial charge in [-0.2, -0.15) is 15.3 Å². The summed E-state index contributed by atoms with van der Waals surface area (Å²) in [6.45, 7) is 1.97. The molecule has 5 aromatic carbocycles. The number of hydrogen-bond donors (Lipinski definition) is 4. The first-order valence-electron chi connectivity index (χ1n) is 17.4. The van der Waals surface area contributed by atoms with E-state index in [-0.39, 0.29) is 76.3 Å². The van der Waals surface area contributed by atoms with E-state index in [9.17, 15) is 35.5 Å². The molecule has 296 valence electrons. The fourth-order valence-electron chi connectivity index (χ4n) is 5.96. The average Bonchev–Trinajstić information content (AvgIpc) is 3.20. The number of fused-ring (bicyclic) bond motifs is 1. The molecule has 2 aliphatic carbocycles. The number of ketones is 2. The molecule has 7 rings (SSSR count). The Kier molecular flexibility index (Phi) is 15.0. The number of Topliss-reactive ketones (excluding diaryl/α,β-unsaturated/α-hetero) is 1. The van der Waals surface area contributed by atoms with E-state index in [0.29, 0.717) is 23.1 Å². The zero-order valence-corrected chi connectivity index (χ0v) is 38.3. The minimum atomic E-state index is -5.33. The minimum absolute atomic E-state index is 0. The fourth-order valence-corrected chi connectivity index (χ4v) is 7.27. The first-order chi connectivity index (χ1) is 28.2. The van der Waals surface area contributed by atoms with Crippen LogP contribution in [-0.2, 0) is 25.0 Å². The predicted octanol–water partition coefficient (Wildman–Crippen LogP) is 1.03. The number of para-hydroxylation sites is 2. The molecule has 0 aliphatic heterocycles. The van der Waals surface area contributed by atoms with Crippen molar-refractivity contribution < 1.29 is 94.6 Å². The summed E-state index contributed by atoms with van der Waals surface area (Å²) in [5.74, 6) is -1.40. The average molecular weight is 873 g/mol. The largest absolute Gasteiger partial charge is 1.00 e. The molecule has 2 aliphatic rings. The number of hydrazone groups is 2. The molecule has 0 fully saturated rings. The second-order valence-electron chi connectivity index (χ2n) is 13.0. The molecule has 0 atom stereocenters. The normalized spacial score (nSPS) is 15.1. The number of hydrogen-bond acceptors (Lipinski definition) is 16. The van der Waals surface area contributed by atoms with Crippen molar-refractivity contribution in [3.05, 3.63) is 155 Å². The van der Waals surface area contributed by atoms with Gasteiger partial charge in [-0.3, -0.25) is 20.4 Å². The smallest absolute Gasteiger partial charge is 0.744 e. The maximum atomic E-state index is 13.7. The Labute approximate surface area is 394 Å². The summed E-state index contributed by atoms with van der Waals surface area (Å²) in [6, 6.07) is 30.3. The third-order valence-electron chi connectivity index (χ3n) is 8.94. The Hall–Kier alpha value is -5.38. The van der Waals surface area contributed by atoms with Crippen LogP contribution in [0.15, 0.2) is 163 Å². The Bertz CT molecular complexity index is 2950. The first-order valence-corrected chi connectivity index (χ1v) is 20.2. The number of carbonyl (C=O) groups excluding carboxylic acids is 2. The molecular weight excluding hydrogens is 843 g/mol. The van der Waals surface area contributed by atoms with E-state index in [1.165, 1.54) is 6.08 Å². The van der Waals surface area contributed by atoms with Crippen LogP contribution in [0.3, 0.4) is 0 Å². The maximum Gasteiger partial charge on any atom is 1.00 e. The van der Waals surface area contributed by atoms with E-state index in [2.05, 4.69) is 36.6 Å². The number of nitrogen functional groups attached to an aromatic ring is 1. The van der Waals surface area contributed by atoms with Gasteiger partial charge in [-0.05, 0) is 95.9 Å². The molecule has 0 bridgehead atoms. The number of carbonyl (C=O) groups is 2. The number of allylic oxidation sites excluding steroid dienone is 4. The molecule has 5 N–H and O–H groups in total. The van der Waals surface area contributed by atoms with Gasteiger partial charge in [0.15, 0.2) is 0 Å². The van der Waals surface area contributed by atoms with Gasteiger partial charge in [0.2, 0.25) is 11.6 Å². The minimum Gasteiger partial charge on any atom is -0.744 e. The molecule has 0 saturated heterocycles. The zero-order valence-electron chi connectivity index (χ0n) is 32.7. The van der Waals surface area contributed by atoms with Crippen LogP contribution in [-0.4, -0.2) is 48.9 Å². The van der Waals surface area contributed by atoms with Crippen molar-refractivity contribution in [1.29, 1.82) is 0 Å². The van der Waals surface area contributed by atoms with Crippen molar-refractivity contribution in [1.82, 2.24) is 0 Å². The van der Waals surface area contributed by atoms with E-state index in [4.69, 9.17) is 5.73 Å². The van der Waals surface area contributed by atoms with E-state index in [0.717, 1.165) is 28.5 Å². The monoisotopic (exact) mass is 872 g/mol. The van der Waals surface area contributed by atoms with E-state index >= 15 is 0 Å². The molecule has 0 aromatic heterocycles. The molecule has 61 heavy (non-hydrogen) atoms. The molecule has 20 heteroatoms. The van der Waals surface area contributed by atoms with Gasteiger partial charge >= 0.3 is 59.1 Å². The Morgan fingerprint density at radius 3 is 1.90 bits per heavy atom. The van der Waals surface area contributed by atoms with Crippen LogP contribution in [0, 0.1) is 6.92 Å². The zero-order chi connectivity index (χ0) is 41.9. The number of nitrogens with two attached hydrogens (primary N) is 1. The molecule has 0 saturated carbocycles. The number of azo groups is 1. The summed E-state index contributed by atoms with van der Waals surface area (Å²) in [5, 5.41) is 19.3. The number of benzene rings is 5. The second-order valence-corrected chi connectivity index (χ2v) is 15.7. The summed E-state index contributed by atoms with van der Waals surface area (Å²) in [6.07, 6.45) is 5.59. The second kappa shape index (κ2) is 19.6. The molecule has 0 amide bonds. The van der Waals surface area contributed by atoms with Crippen LogP contribution >= 0.6 is 0 Å². The van der Waals surface area contributed by atoms with Crippen LogP contribution in [0.25, 0.3) is 17.2 Å². The molecule has 16 nitrogen and oxygen atoms in total. The van der Waals surface area contributed by atoms with Gasteiger partial charge in [-0.1, -0.05) is 60.7 Å². The Morgan fingerprint density at radius 2 is 1.28 bits per heavy atom. The van der Waals surface area contributed by atoms with Crippen LogP contribution in [0.5, 0.6) is 0 Å². The van der Waals surface area contributed by atoms with Gasteiger partial charge < -0.3 is 20.2 Å². The maximum absolute atomic E-state index is 13.7. The summed E-state index contributed by atoms with van der Waals surface area (Å²) < 4.78 is 73.6. The van der Waals surface area contributed by atoms with Gasteiger partial charge in [0.25, 0.3) is 0 Å². The Balaban J connectivity index is 0.00000352. The van der Waals surface area contributed by atoms with Crippen LogP contribution in [0.2, 0.25) is 0 Å². The standard InChI is InChI=1S/C41H32N8O8S2.2Na/c1-24-7-5-6-10-32(24)43-31-19-20-33(34(50)23-31)47-44-29-15-11-25(12-16-29)26-13-17-30(18-14-26)46-48-39-35(58(52,53)54)21-27-22-36(59(55,56)57)40(41(51)37(27)38(39)42)49-45-28-8-3-2-4-9-28;;/h2-23,43-45H,42H2,1H3,(H,52,53,54)(H,55,56,57);;/q;2*+1/p-2/b47-33+,48-46?,49-40+;;. The molecular formula is C41H30N8Na2O8S2. The summed E-state index contributed by atoms with van der Waals surface area (Å²) in [7, 11) is -10.7. The molecule has 0 radical (unpaired) electrons. The number of rotatable bonds is 11. The topological polar surface area (TPSA) is 260 Å². The van der Waals surface area contributed by atoms with E-state index in [1.807, 2.05) is 43.3 Å². The van der Waals surface area contributed by atoms with Gasteiger partial charge in [0, 0.05) is 17.5 Å². The van der Waals surface area contributed by atoms with Gasteiger partial charge in [-0.25, -0.2) is 16.8 Å². The molecule has 5 aromatic rings. The summed E-state index contributed by atoms with van der Waals surface area (Å²) >= 11 is 0. The van der Waals surface area contributed by atoms with Gasteiger partial charge in [0.1, 0.15) is 37.3 Å². The fraction of sp³-hybridized carbons (Fsp3) is 0.0244. The van der Waals surface area contributed by atoms with Crippen LogP contribution in [0.1, 0.15) is 21.5 Å². The number of anilines is 4. The third kappa shape index (κ3) is 10.9. The number of aryl methyl sites for hydroxylation is 1. The quantitative estimate of drug-likeness (QED) is 0.0362. The van der Waals surface area contributed by atoms with Crippen molar-refractivity contribution in [3.8, 4) is 11.1 Å². The summed E-state index contributed by atoms with van der Waals surface area (Å²) in [5.41, 5.74) is 14.3. The predicted molar refractivity (Wildman–Crippen MR) is 222 cm³/mol. The first kappa shape index (κ1) is 46.7. The SMILES string of the molecule is Cc1ccccc1NC1=CC(=O)/C(=N/Nc2ccc(-c3ccc(N=Nc4c(S(=O)(=O)[O-])cc5c(c4N)C(=O)/C(=N/Nc4ccccc4)C(S(=O)(=O)[O-])=C5)cc3)cc2)C=C1.[Na+].[Na+]. The number of nitrogens with zero attached hydrogens (tertiary/aromatic N) is 4. The number of nitrogens with one attached hydrogen (secondary N) is 3.